The molecule has 0 bridgehead atoms. The number of nitrogens with zero attached hydrogens (tertiary/aromatic N) is 2. The van der Waals surface area contributed by atoms with Crippen molar-refractivity contribution in [2.75, 3.05) is 13.1 Å². The number of rotatable bonds is 3. The molecule has 3 nitrogen and oxygen atoms in total. The summed E-state index contributed by atoms with van der Waals surface area (Å²) in [4.78, 5) is 14.6. The highest BCUT2D eigenvalue weighted by Crippen LogP contribution is 2.21. The van der Waals surface area contributed by atoms with Crippen molar-refractivity contribution in [2.24, 2.45) is 0 Å². The number of hydrogen-bond donors (Lipinski definition) is 0. The number of benzene rings is 1. The molecule has 112 valence electrons. The van der Waals surface area contributed by atoms with E-state index in [1.54, 1.807) is 0 Å². The number of aryl methyl sites for hydroxylation is 1. The molecule has 3 rings (SSSR count). The van der Waals surface area contributed by atoms with Gasteiger partial charge in [-0.15, -0.1) is 0 Å². The standard InChI is InChI=1S/C18H24N2O/c1-2-15-8-7-9-16-10-13-20(18(15)16)14-17(21)19-11-5-3-4-6-12-19/h7-10,13H,2-6,11-12,14H2,1H3. The van der Waals surface area contributed by atoms with Crippen LogP contribution < -0.4 is 0 Å². The van der Waals surface area contributed by atoms with Crippen molar-refractivity contribution in [1.82, 2.24) is 9.47 Å². The smallest absolute Gasteiger partial charge is 0.242 e. The Bertz CT molecular complexity index is 621. The van der Waals surface area contributed by atoms with Gasteiger partial charge in [-0.05, 0) is 36.3 Å². The Labute approximate surface area is 126 Å². The molecule has 21 heavy (non-hydrogen) atoms. The summed E-state index contributed by atoms with van der Waals surface area (Å²) in [6, 6.07) is 8.50. The van der Waals surface area contributed by atoms with Gasteiger partial charge in [0.05, 0.1) is 5.52 Å². The highest BCUT2D eigenvalue weighted by Gasteiger charge is 2.17. The van der Waals surface area contributed by atoms with Gasteiger partial charge >= 0.3 is 0 Å². The minimum Gasteiger partial charge on any atom is -0.341 e. The predicted octanol–water partition coefficient (Wildman–Crippen LogP) is 3.61. The van der Waals surface area contributed by atoms with Gasteiger partial charge in [0, 0.05) is 19.3 Å². The fourth-order valence-electron chi connectivity index (χ4n) is 3.32. The van der Waals surface area contributed by atoms with Crippen molar-refractivity contribution in [2.45, 2.75) is 45.6 Å². The van der Waals surface area contributed by atoms with Crippen LogP contribution in [0.1, 0.15) is 38.2 Å². The summed E-state index contributed by atoms with van der Waals surface area (Å²) in [7, 11) is 0. The molecule has 1 fully saturated rings. The number of amides is 1. The van der Waals surface area contributed by atoms with E-state index < -0.39 is 0 Å². The van der Waals surface area contributed by atoms with Gasteiger partial charge in [0.1, 0.15) is 6.54 Å². The van der Waals surface area contributed by atoms with Gasteiger partial charge in [-0.3, -0.25) is 4.79 Å². The van der Waals surface area contributed by atoms with Crippen LogP contribution in [-0.4, -0.2) is 28.5 Å². The third-order valence-corrected chi connectivity index (χ3v) is 4.52. The molecule has 1 amide bonds. The molecule has 0 spiro atoms. The van der Waals surface area contributed by atoms with E-state index in [9.17, 15) is 4.79 Å². The van der Waals surface area contributed by atoms with E-state index >= 15 is 0 Å². The van der Waals surface area contributed by atoms with E-state index in [0.29, 0.717) is 6.54 Å². The van der Waals surface area contributed by atoms with Crippen LogP contribution in [0.3, 0.4) is 0 Å². The average molecular weight is 284 g/mol. The molecule has 0 saturated carbocycles. The molecular weight excluding hydrogens is 260 g/mol. The minimum atomic E-state index is 0.264. The van der Waals surface area contributed by atoms with E-state index in [0.717, 1.165) is 32.4 Å². The second-order valence-corrected chi connectivity index (χ2v) is 5.95. The van der Waals surface area contributed by atoms with Crippen LogP contribution in [0, 0.1) is 0 Å². The second-order valence-electron chi connectivity index (χ2n) is 5.95. The zero-order chi connectivity index (χ0) is 14.7. The van der Waals surface area contributed by atoms with Gasteiger partial charge in [-0.25, -0.2) is 0 Å². The number of carbonyl (C=O) groups is 1. The Balaban J connectivity index is 1.82. The highest BCUT2D eigenvalue weighted by atomic mass is 16.2. The molecule has 0 radical (unpaired) electrons. The van der Waals surface area contributed by atoms with E-state index in [-0.39, 0.29) is 5.91 Å². The average Bonchev–Trinajstić information content (AvgIpc) is 2.75. The zero-order valence-corrected chi connectivity index (χ0v) is 12.8. The first-order chi connectivity index (χ1) is 10.3. The fourth-order valence-corrected chi connectivity index (χ4v) is 3.32. The topological polar surface area (TPSA) is 25.2 Å². The molecule has 2 heterocycles. The quantitative estimate of drug-likeness (QED) is 0.845. The summed E-state index contributed by atoms with van der Waals surface area (Å²) >= 11 is 0. The first-order valence-corrected chi connectivity index (χ1v) is 8.14. The van der Waals surface area contributed by atoms with Crippen LogP contribution in [0.25, 0.3) is 10.9 Å². The summed E-state index contributed by atoms with van der Waals surface area (Å²) in [6.07, 6.45) is 7.88. The van der Waals surface area contributed by atoms with Crippen LogP contribution in [0.5, 0.6) is 0 Å². The number of likely N-dealkylation sites (tertiary alicyclic amines) is 1. The SMILES string of the molecule is CCc1cccc2ccn(CC(=O)N3CCCCCC3)c12. The van der Waals surface area contributed by atoms with Crippen molar-refractivity contribution in [3.63, 3.8) is 0 Å². The van der Waals surface area contributed by atoms with Crippen molar-refractivity contribution in [1.29, 1.82) is 0 Å². The first-order valence-electron chi connectivity index (χ1n) is 8.14. The number of aromatic nitrogens is 1. The molecule has 3 heteroatoms. The normalized spacial score (nSPS) is 16.1. The zero-order valence-electron chi connectivity index (χ0n) is 12.8. The monoisotopic (exact) mass is 284 g/mol. The number of hydrogen-bond acceptors (Lipinski definition) is 1. The summed E-state index contributed by atoms with van der Waals surface area (Å²) in [5.74, 6) is 0.264. The molecular formula is C18H24N2O. The Hall–Kier alpha value is -1.77. The lowest BCUT2D eigenvalue weighted by Gasteiger charge is -2.21. The van der Waals surface area contributed by atoms with E-state index in [1.807, 2.05) is 4.90 Å². The Morgan fingerprint density at radius 3 is 2.57 bits per heavy atom. The van der Waals surface area contributed by atoms with E-state index in [4.69, 9.17) is 0 Å². The van der Waals surface area contributed by atoms with Crippen LogP contribution in [0.15, 0.2) is 30.5 Å². The van der Waals surface area contributed by atoms with Gasteiger partial charge in [0.25, 0.3) is 0 Å². The maximum absolute atomic E-state index is 12.6. The third-order valence-electron chi connectivity index (χ3n) is 4.52. The van der Waals surface area contributed by atoms with Crippen LogP contribution in [-0.2, 0) is 17.8 Å². The fraction of sp³-hybridized carbons (Fsp3) is 0.500. The lowest BCUT2D eigenvalue weighted by molar-refractivity contribution is -0.131. The summed E-state index contributed by atoms with van der Waals surface area (Å²) < 4.78 is 2.13. The summed E-state index contributed by atoms with van der Waals surface area (Å²) in [6.45, 7) is 4.50. The molecule has 1 aromatic carbocycles. The predicted molar refractivity (Wildman–Crippen MR) is 86.4 cm³/mol. The molecule has 1 saturated heterocycles. The maximum Gasteiger partial charge on any atom is 0.242 e. The Morgan fingerprint density at radius 2 is 1.86 bits per heavy atom. The van der Waals surface area contributed by atoms with Crippen LogP contribution in [0.4, 0.5) is 0 Å². The largest absolute Gasteiger partial charge is 0.341 e. The molecule has 0 aliphatic carbocycles. The molecule has 1 aliphatic heterocycles. The molecule has 1 aromatic heterocycles. The molecule has 1 aliphatic rings. The van der Waals surface area contributed by atoms with Crippen molar-refractivity contribution < 1.29 is 4.79 Å². The maximum atomic E-state index is 12.6. The van der Waals surface area contributed by atoms with Crippen LogP contribution >= 0.6 is 0 Å². The molecule has 2 aromatic rings. The van der Waals surface area contributed by atoms with Gasteiger partial charge < -0.3 is 9.47 Å². The lowest BCUT2D eigenvalue weighted by Crippen LogP contribution is -2.34. The van der Waals surface area contributed by atoms with Crippen molar-refractivity contribution >= 4 is 16.8 Å². The Morgan fingerprint density at radius 1 is 1.10 bits per heavy atom. The van der Waals surface area contributed by atoms with E-state index in [2.05, 4.69) is 42.0 Å². The number of carbonyl (C=O) groups excluding carboxylic acids is 1. The summed E-state index contributed by atoms with van der Waals surface area (Å²) in [5.41, 5.74) is 2.55. The minimum absolute atomic E-state index is 0.264. The van der Waals surface area contributed by atoms with Gasteiger partial charge in [0.15, 0.2) is 0 Å². The molecule has 0 atom stereocenters. The van der Waals surface area contributed by atoms with Crippen molar-refractivity contribution in [3.8, 4) is 0 Å². The highest BCUT2D eigenvalue weighted by molar-refractivity contribution is 5.85. The van der Waals surface area contributed by atoms with Gasteiger partial charge in [-0.2, -0.15) is 0 Å². The lowest BCUT2D eigenvalue weighted by atomic mass is 10.1. The van der Waals surface area contributed by atoms with Crippen molar-refractivity contribution in [3.05, 3.63) is 36.0 Å². The van der Waals surface area contributed by atoms with Gasteiger partial charge in [-0.1, -0.05) is 38.0 Å². The molecule has 0 unspecified atom stereocenters. The summed E-state index contributed by atoms with van der Waals surface area (Å²) in [5, 5.41) is 1.23. The van der Waals surface area contributed by atoms with E-state index in [1.165, 1.54) is 29.3 Å². The molecule has 0 N–H and O–H groups in total. The number of para-hydroxylation sites is 1. The van der Waals surface area contributed by atoms with Gasteiger partial charge in [0.2, 0.25) is 5.91 Å². The second kappa shape index (κ2) is 6.33. The first kappa shape index (κ1) is 14.2. The number of fused-ring (bicyclic) bond motifs is 1. The van der Waals surface area contributed by atoms with Crippen LogP contribution in [0.2, 0.25) is 0 Å². The third kappa shape index (κ3) is 2.97. The Kier molecular flexibility index (Phi) is 4.28.